The highest BCUT2D eigenvalue weighted by molar-refractivity contribution is 6.20. The van der Waals surface area contributed by atoms with Gasteiger partial charge in [0.15, 0.2) is 5.78 Å². The van der Waals surface area contributed by atoms with Gasteiger partial charge in [0.2, 0.25) is 0 Å². The summed E-state index contributed by atoms with van der Waals surface area (Å²) < 4.78 is 5.13. The summed E-state index contributed by atoms with van der Waals surface area (Å²) in [6.07, 6.45) is 0. The van der Waals surface area contributed by atoms with Crippen LogP contribution in [-0.4, -0.2) is 29.3 Å². The molecule has 4 aromatic rings. The second kappa shape index (κ2) is 8.67. The second-order valence-electron chi connectivity index (χ2n) is 6.84. The fraction of sp³-hybridized carbons (Fsp3) is 0.0800. The third-order valence-corrected chi connectivity index (χ3v) is 4.88. The number of para-hydroxylation sites is 1. The SMILES string of the molecule is CCOC(=O)c1[nH]c2ccccc2c1NC(=O)c1ccccc1C(=O)c1ccccc1. The third-order valence-electron chi connectivity index (χ3n) is 4.88. The van der Waals surface area contributed by atoms with Crippen LogP contribution < -0.4 is 5.32 Å². The van der Waals surface area contributed by atoms with Crippen LogP contribution in [-0.2, 0) is 4.74 Å². The molecule has 0 aliphatic rings. The number of hydrogen-bond donors (Lipinski definition) is 2. The molecular weight excluding hydrogens is 392 g/mol. The molecule has 0 bridgehead atoms. The summed E-state index contributed by atoms with van der Waals surface area (Å²) in [4.78, 5) is 41.7. The number of nitrogens with one attached hydrogen (secondary N) is 2. The molecule has 3 aromatic carbocycles. The van der Waals surface area contributed by atoms with Crippen LogP contribution in [0.3, 0.4) is 0 Å². The predicted molar refractivity (Wildman–Crippen MR) is 119 cm³/mol. The Balaban J connectivity index is 1.73. The van der Waals surface area contributed by atoms with E-state index in [1.807, 2.05) is 18.2 Å². The molecule has 0 aliphatic heterocycles. The van der Waals surface area contributed by atoms with Crippen molar-refractivity contribution in [2.24, 2.45) is 0 Å². The van der Waals surface area contributed by atoms with Crippen LogP contribution in [0.5, 0.6) is 0 Å². The number of ketones is 1. The molecule has 1 aromatic heterocycles. The molecule has 0 spiro atoms. The molecule has 0 fully saturated rings. The van der Waals surface area contributed by atoms with E-state index in [0.29, 0.717) is 22.2 Å². The van der Waals surface area contributed by atoms with Gasteiger partial charge in [-0.3, -0.25) is 9.59 Å². The van der Waals surface area contributed by atoms with Crippen molar-refractivity contribution in [1.82, 2.24) is 4.98 Å². The maximum absolute atomic E-state index is 13.2. The minimum atomic E-state index is -0.567. The molecule has 1 heterocycles. The van der Waals surface area contributed by atoms with Crippen molar-refractivity contribution in [2.75, 3.05) is 11.9 Å². The molecule has 0 saturated carbocycles. The topological polar surface area (TPSA) is 88.3 Å². The normalized spacial score (nSPS) is 10.6. The van der Waals surface area contributed by atoms with E-state index in [2.05, 4.69) is 10.3 Å². The number of rotatable bonds is 6. The molecule has 0 unspecified atom stereocenters. The average molecular weight is 412 g/mol. The van der Waals surface area contributed by atoms with Gasteiger partial charge in [0.25, 0.3) is 5.91 Å². The molecule has 0 atom stereocenters. The average Bonchev–Trinajstić information content (AvgIpc) is 3.18. The molecular formula is C25H20N2O4. The van der Waals surface area contributed by atoms with Crippen molar-refractivity contribution < 1.29 is 19.1 Å². The van der Waals surface area contributed by atoms with Crippen molar-refractivity contribution in [1.29, 1.82) is 0 Å². The first kappa shape index (κ1) is 20.1. The standard InChI is InChI=1S/C25H20N2O4/c1-2-31-25(30)22-21(19-14-8-9-15-20(19)26-22)27-24(29)18-13-7-6-12-17(18)23(28)16-10-4-3-5-11-16/h3-15,26H,2H2,1H3,(H,27,29). The number of ether oxygens (including phenoxy) is 1. The van der Waals surface area contributed by atoms with Gasteiger partial charge in [-0.25, -0.2) is 4.79 Å². The number of carbonyl (C=O) groups is 3. The van der Waals surface area contributed by atoms with Crippen LogP contribution in [0.4, 0.5) is 5.69 Å². The monoisotopic (exact) mass is 412 g/mol. The molecule has 6 nitrogen and oxygen atoms in total. The van der Waals surface area contributed by atoms with Crippen LogP contribution in [0.25, 0.3) is 10.9 Å². The van der Waals surface area contributed by atoms with Gasteiger partial charge in [0.1, 0.15) is 5.69 Å². The fourth-order valence-electron chi connectivity index (χ4n) is 3.43. The number of aromatic amines is 1. The summed E-state index contributed by atoms with van der Waals surface area (Å²) in [5.74, 6) is -1.31. The first-order valence-electron chi connectivity index (χ1n) is 9.88. The van der Waals surface area contributed by atoms with Gasteiger partial charge < -0.3 is 15.0 Å². The summed E-state index contributed by atoms with van der Waals surface area (Å²) in [5.41, 5.74) is 2.15. The highest BCUT2D eigenvalue weighted by Crippen LogP contribution is 2.29. The fourth-order valence-corrected chi connectivity index (χ4v) is 3.43. The number of benzene rings is 3. The number of esters is 1. The zero-order chi connectivity index (χ0) is 21.8. The Labute approximate surface area is 178 Å². The number of anilines is 1. The number of hydrogen-bond acceptors (Lipinski definition) is 4. The first-order valence-corrected chi connectivity index (χ1v) is 9.88. The van der Waals surface area contributed by atoms with Gasteiger partial charge in [-0.15, -0.1) is 0 Å². The molecule has 2 N–H and O–H groups in total. The Morgan fingerprint density at radius 1 is 0.839 bits per heavy atom. The molecule has 0 aliphatic carbocycles. The minimum Gasteiger partial charge on any atom is -0.461 e. The summed E-state index contributed by atoms with van der Waals surface area (Å²) in [6.45, 7) is 1.92. The van der Waals surface area contributed by atoms with Gasteiger partial charge >= 0.3 is 5.97 Å². The van der Waals surface area contributed by atoms with Crippen LogP contribution >= 0.6 is 0 Å². The summed E-state index contributed by atoms with van der Waals surface area (Å²) in [5, 5.41) is 3.48. The molecule has 4 rings (SSSR count). The maximum Gasteiger partial charge on any atom is 0.356 e. The number of amides is 1. The van der Waals surface area contributed by atoms with Gasteiger partial charge in [-0.2, -0.15) is 0 Å². The molecule has 154 valence electrons. The minimum absolute atomic E-state index is 0.156. The molecule has 1 amide bonds. The zero-order valence-electron chi connectivity index (χ0n) is 16.8. The Bertz CT molecular complexity index is 1280. The number of fused-ring (bicyclic) bond motifs is 1. The van der Waals surface area contributed by atoms with E-state index in [-0.39, 0.29) is 29.2 Å². The molecule has 6 heteroatoms. The van der Waals surface area contributed by atoms with E-state index in [4.69, 9.17) is 4.74 Å². The zero-order valence-corrected chi connectivity index (χ0v) is 16.8. The summed E-state index contributed by atoms with van der Waals surface area (Å²) in [7, 11) is 0. The van der Waals surface area contributed by atoms with Crippen molar-refractivity contribution in [3.05, 3.63) is 101 Å². The molecule has 0 radical (unpaired) electrons. The maximum atomic E-state index is 13.2. The van der Waals surface area contributed by atoms with Crippen molar-refractivity contribution >= 4 is 34.3 Å². The number of H-pyrrole nitrogens is 1. The number of aromatic nitrogens is 1. The van der Waals surface area contributed by atoms with Gasteiger partial charge in [0.05, 0.1) is 17.9 Å². The molecule has 0 saturated heterocycles. The highest BCUT2D eigenvalue weighted by atomic mass is 16.5. The summed E-state index contributed by atoms with van der Waals surface area (Å²) >= 11 is 0. The van der Waals surface area contributed by atoms with Gasteiger partial charge in [-0.05, 0) is 19.1 Å². The second-order valence-corrected chi connectivity index (χ2v) is 6.84. The first-order chi connectivity index (χ1) is 15.1. The van der Waals surface area contributed by atoms with Crippen LogP contribution in [0, 0.1) is 0 Å². The van der Waals surface area contributed by atoms with E-state index in [1.165, 1.54) is 0 Å². The third kappa shape index (κ3) is 3.96. The van der Waals surface area contributed by atoms with E-state index in [9.17, 15) is 14.4 Å². The smallest absolute Gasteiger partial charge is 0.356 e. The van der Waals surface area contributed by atoms with Crippen molar-refractivity contribution in [3.8, 4) is 0 Å². The quantitative estimate of drug-likeness (QED) is 0.351. The predicted octanol–water partition coefficient (Wildman–Crippen LogP) is 4.83. The largest absolute Gasteiger partial charge is 0.461 e. The van der Waals surface area contributed by atoms with Crippen LogP contribution in [0.2, 0.25) is 0 Å². The highest BCUT2D eigenvalue weighted by Gasteiger charge is 2.23. The lowest BCUT2D eigenvalue weighted by Crippen LogP contribution is -2.18. The Kier molecular flexibility index (Phi) is 5.62. The lowest BCUT2D eigenvalue weighted by molar-refractivity contribution is 0.0521. The van der Waals surface area contributed by atoms with E-state index >= 15 is 0 Å². The van der Waals surface area contributed by atoms with Gasteiger partial charge in [-0.1, -0.05) is 66.7 Å². The van der Waals surface area contributed by atoms with Crippen LogP contribution in [0.1, 0.15) is 43.7 Å². The molecule has 31 heavy (non-hydrogen) atoms. The Hall–Kier alpha value is -4.19. The summed E-state index contributed by atoms with van der Waals surface area (Å²) in [6, 6.07) is 22.6. The van der Waals surface area contributed by atoms with Crippen LogP contribution in [0.15, 0.2) is 78.9 Å². The van der Waals surface area contributed by atoms with Crippen molar-refractivity contribution in [3.63, 3.8) is 0 Å². The Morgan fingerprint density at radius 3 is 2.23 bits per heavy atom. The lowest BCUT2D eigenvalue weighted by atomic mass is 9.98. The Morgan fingerprint density at radius 2 is 1.48 bits per heavy atom. The number of carbonyl (C=O) groups excluding carboxylic acids is 3. The van der Waals surface area contributed by atoms with Crippen molar-refractivity contribution in [2.45, 2.75) is 6.92 Å². The van der Waals surface area contributed by atoms with Gasteiger partial charge in [0, 0.05) is 22.0 Å². The van der Waals surface area contributed by atoms with E-state index in [0.717, 1.165) is 0 Å². The van der Waals surface area contributed by atoms with E-state index < -0.39 is 11.9 Å². The lowest BCUT2D eigenvalue weighted by Gasteiger charge is -2.11. The van der Waals surface area contributed by atoms with E-state index in [1.54, 1.807) is 67.6 Å².